The number of benzene rings is 1. The number of esters is 1. The Kier molecular flexibility index (Phi) is 5.52. The van der Waals surface area contributed by atoms with E-state index in [-0.39, 0.29) is 18.1 Å². The van der Waals surface area contributed by atoms with Crippen LogP contribution < -0.4 is 4.74 Å². The van der Waals surface area contributed by atoms with Crippen molar-refractivity contribution in [3.8, 4) is 5.75 Å². The molecular weight excluding hydrogens is 308 g/mol. The second-order valence-corrected chi connectivity index (χ2v) is 5.12. The van der Waals surface area contributed by atoms with E-state index in [9.17, 15) is 9.59 Å². The van der Waals surface area contributed by atoms with Gasteiger partial charge in [0.25, 0.3) is 0 Å². The fraction of sp³-hybridized carbons (Fsp3) is 0.278. The molecule has 0 bridgehead atoms. The maximum atomic E-state index is 12.1. The van der Waals surface area contributed by atoms with Crippen LogP contribution in [0.4, 0.5) is 5.69 Å². The molecule has 1 heterocycles. The average Bonchev–Trinajstić information content (AvgIpc) is 2.90. The molecule has 6 heteroatoms. The van der Waals surface area contributed by atoms with E-state index >= 15 is 0 Å². The van der Waals surface area contributed by atoms with Crippen LogP contribution in [0.1, 0.15) is 40.4 Å². The molecule has 6 nitrogen and oxygen atoms in total. The Bertz CT molecular complexity index is 773. The van der Waals surface area contributed by atoms with Gasteiger partial charge in [0.15, 0.2) is 5.78 Å². The van der Waals surface area contributed by atoms with Gasteiger partial charge in [-0.2, -0.15) is 0 Å². The van der Waals surface area contributed by atoms with E-state index in [4.69, 9.17) is 9.47 Å². The van der Waals surface area contributed by atoms with Gasteiger partial charge in [0.05, 0.1) is 19.4 Å². The summed E-state index contributed by atoms with van der Waals surface area (Å²) in [6, 6.07) is 8.72. The number of aromatic nitrogens is 1. The van der Waals surface area contributed by atoms with Gasteiger partial charge < -0.3 is 9.47 Å². The van der Waals surface area contributed by atoms with Gasteiger partial charge in [0.1, 0.15) is 17.8 Å². The lowest BCUT2D eigenvalue weighted by molar-refractivity contribution is 0.0518. The SMILES string of the molecule is CCOC(=O)c1cc(C(C)=O)c(C)n1C=Nc1ccc(OC)cc1. The molecule has 0 N–H and O–H groups in total. The summed E-state index contributed by atoms with van der Waals surface area (Å²) < 4.78 is 11.7. The summed E-state index contributed by atoms with van der Waals surface area (Å²) in [5.41, 5.74) is 2.09. The molecule has 0 fully saturated rings. The Labute approximate surface area is 140 Å². The number of Topliss-reactive ketones (excluding diaryl/α,β-unsaturated/α-hetero) is 1. The highest BCUT2D eigenvalue weighted by Crippen LogP contribution is 2.19. The van der Waals surface area contributed by atoms with E-state index in [2.05, 4.69) is 4.99 Å². The second kappa shape index (κ2) is 7.59. The lowest BCUT2D eigenvalue weighted by Gasteiger charge is -2.05. The number of methoxy groups -OCH3 is 1. The van der Waals surface area contributed by atoms with Gasteiger partial charge in [-0.3, -0.25) is 9.36 Å². The molecule has 0 aliphatic heterocycles. The molecule has 1 aromatic carbocycles. The lowest BCUT2D eigenvalue weighted by Crippen LogP contribution is -2.12. The molecule has 0 saturated carbocycles. The number of ether oxygens (including phenoxy) is 2. The minimum Gasteiger partial charge on any atom is -0.497 e. The Balaban J connectivity index is 2.41. The van der Waals surface area contributed by atoms with Crippen molar-refractivity contribution in [2.45, 2.75) is 20.8 Å². The zero-order chi connectivity index (χ0) is 17.7. The van der Waals surface area contributed by atoms with Crippen molar-refractivity contribution in [3.63, 3.8) is 0 Å². The van der Waals surface area contributed by atoms with Crippen molar-refractivity contribution in [2.75, 3.05) is 13.7 Å². The smallest absolute Gasteiger partial charge is 0.355 e. The molecule has 0 spiro atoms. The maximum absolute atomic E-state index is 12.1. The van der Waals surface area contributed by atoms with Gasteiger partial charge in [-0.15, -0.1) is 0 Å². The van der Waals surface area contributed by atoms with Crippen LogP contribution in [-0.2, 0) is 4.74 Å². The highest BCUT2D eigenvalue weighted by molar-refractivity contribution is 6.00. The van der Waals surface area contributed by atoms with Gasteiger partial charge in [-0.05, 0) is 51.1 Å². The summed E-state index contributed by atoms with van der Waals surface area (Å²) in [5, 5.41) is 0. The molecule has 0 aliphatic rings. The monoisotopic (exact) mass is 328 g/mol. The van der Waals surface area contributed by atoms with Crippen LogP contribution in [0, 0.1) is 6.92 Å². The van der Waals surface area contributed by atoms with E-state index in [1.165, 1.54) is 19.3 Å². The number of carbonyl (C=O) groups is 2. The highest BCUT2D eigenvalue weighted by atomic mass is 16.5. The van der Waals surface area contributed by atoms with Crippen LogP contribution in [0.15, 0.2) is 35.3 Å². The van der Waals surface area contributed by atoms with E-state index in [1.807, 2.05) is 0 Å². The number of hydrogen-bond donors (Lipinski definition) is 0. The average molecular weight is 328 g/mol. The minimum absolute atomic E-state index is 0.116. The number of rotatable bonds is 6. The molecule has 126 valence electrons. The molecule has 1 aromatic heterocycles. The number of hydrogen-bond acceptors (Lipinski definition) is 5. The zero-order valence-electron chi connectivity index (χ0n) is 14.2. The fourth-order valence-electron chi connectivity index (χ4n) is 2.28. The first-order valence-corrected chi connectivity index (χ1v) is 7.56. The summed E-state index contributed by atoms with van der Waals surface area (Å²) >= 11 is 0. The predicted octanol–water partition coefficient (Wildman–Crippen LogP) is 3.39. The maximum Gasteiger partial charge on any atom is 0.355 e. The Hall–Kier alpha value is -2.89. The standard InChI is InChI=1S/C18H20N2O4/c1-5-24-18(22)17-10-16(13(3)21)12(2)20(17)11-19-14-6-8-15(23-4)9-7-14/h6-11H,5H2,1-4H3. The molecule has 2 aromatic rings. The summed E-state index contributed by atoms with van der Waals surface area (Å²) in [6.45, 7) is 5.21. The van der Waals surface area contributed by atoms with Crippen LogP contribution in [-0.4, -0.2) is 36.4 Å². The van der Waals surface area contributed by atoms with E-state index in [0.717, 1.165) is 5.75 Å². The summed E-state index contributed by atoms with van der Waals surface area (Å²) in [7, 11) is 1.59. The van der Waals surface area contributed by atoms with Crippen molar-refractivity contribution in [1.29, 1.82) is 0 Å². The third-order valence-corrected chi connectivity index (χ3v) is 3.55. The van der Waals surface area contributed by atoms with Gasteiger partial charge in [0, 0.05) is 11.3 Å². The Morgan fingerprint density at radius 2 is 1.92 bits per heavy atom. The third-order valence-electron chi connectivity index (χ3n) is 3.55. The summed E-state index contributed by atoms with van der Waals surface area (Å²) in [4.78, 5) is 28.2. The molecule has 0 atom stereocenters. The van der Waals surface area contributed by atoms with Crippen molar-refractivity contribution >= 4 is 23.8 Å². The van der Waals surface area contributed by atoms with E-state index < -0.39 is 5.97 Å². The third kappa shape index (κ3) is 3.71. The van der Waals surface area contributed by atoms with Gasteiger partial charge in [-0.1, -0.05) is 0 Å². The molecule has 2 rings (SSSR count). The molecule has 24 heavy (non-hydrogen) atoms. The number of carbonyl (C=O) groups excluding carboxylic acids is 2. The van der Waals surface area contributed by atoms with Gasteiger partial charge in [-0.25, -0.2) is 9.79 Å². The first kappa shape index (κ1) is 17.5. The van der Waals surface area contributed by atoms with Gasteiger partial charge in [0.2, 0.25) is 0 Å². The molecular formula is C18H20N2O4. The topological polar surface area (TPSA) is 69.9 Å². The first-order chi connectivity index (χ1) is 11.5. The Morgan fingerprint density at radius 3 is 2.46 bits per heavy atom. The molecule has 0 aliphatic carbocycles. The molecule has 0 radical (unpaired) electrons. The summed E-state index contributed by atoms with van der Waals surface area (Å²) in [5.74, 6) is 0.126. The number of ketones is 1. The van der Waals surface area contributed by atoms with Crippen LogP contribution in [0.3, 0.4) is 0 Å². The van der Waals surface area contributed by atoms with Crippen molar-refractivity contribution in [3.05, 3.63) is 47.3 Å². The van der Waals surface area contributed by atoms with Crippen molar-refractivity contribution in [1.82, 2.24) is 4.57 Å². The fourth-order valence-corrected chi connectivity index (χ4v) is 2.28. The van der Waals surface area contributed by atoms with Crippen LogP contribution >= 0.6 is 0 Å². The highest BCUT2D eigenvalue weighted by Gasteiger charge is 2.19. The van der Waals surface area contributed by atoms with Gasteiger partial charge >= 0.3 is 5.97 Å². The van der Waals surface area contributed by atoms with E-state index in [1.54, 1.807) is 49.8 Å². The minimum atomic E-state index is -0.491. The molecule has 0 amide bonds. The lowest BCUT2D eigenvalue weighted by atomic mass is 10.2. The number of nitrogens with zero attached hydrogens (tertiary/aromatic N) is 2. The largest absolute Gasteiger partial charge is 0.497 e. The van der Waals surface area contributed by atoms with E-state index in [0.29, 0.717) is 16.9 Å². The van der Waals surface area contributed by atoms with Crippen LogP contribution in [0.25, 0.3) is 0 Å². The zero-order valence-corrected chi connectivity index (χ0v) is 14.2. The molecule has 0 unspecified atom stereocenters. The second-order valence-electron chi connectivity index (χ2n) is 5.12. The van der Waals surface area contributed by atoms with Crippen molar-refractivity contribution < 1.29 is 19.1 Å². The quantitative estimate of drug-likeness (QED) is 0.353. The predicted molar refractivity (Wildman–Crippen MR) is 91.7 cm³/mol. The normalized spacial score (nSPS) is 10.8. The Morgan fingerprint density at radius 1 is 1.25 bits per heavy atom. The summed E-state index contributed by atoms with van der Waals surface area (Å²) in [6.07, 6.45) is 1.51. The first-order valence-electron chi connectivity index (χ1n) is 7.56. The number of aliphatic imine (C=N–C) groups is 1. The van der Waals surface area contributed by atoms with Crippen LogP contribution in [0.5, 0.6) is 5.75 Å². The van der Waals surface area contributed by atoms with Crippen LogP contribution in [0.2, 0.25) is 0 Å². The molecule has 0 saturated heterocycles. The van der Waals surface area contributed by atoms with Crippen molar-refractivity contribution in [2.24, 2.45) is 4.99 Å².